The summed E-state index contributed by atoms with van der Waals surface area (Å²) in [6.45, 7) is 17.3. The number of aliphatic imine (C=N–C) groups is 1. The number of nitrogens with two attached hydrogens (primary N) is 4. The predicted octanol–water partition coefficient (Wildman–Crippen LogP) is 4.42. The third-order valence-electron chi connectivity index (χ3n) is 18.4. The van der Waals surface area contributed by atoms with Crippen LogP contribution in [0.3, 0.4) is 0 Å². The van der Waals surface area contributed by atoms with Crippen LogP contribution in [-0.4, -0.2) is 192 Å². The number of aliphatic hydroxyl groups is 1. The molecule has 2 aromatic heterocycles. The van der Waals surface area contributed by atoms with E-state index in [-0.39, 0.29) is 194 Å². The summed E-state index contributed by atoms with van der Waals surface area (Å²) in [7, 11) is 0. The van der Waals surface area contributed by atoms with Crippen LogP contribution in [0, 0.1) is 25.6 Å². The van der Waals surface area contributed by atoms with Crippen molar-refractivity contribution < 1.29 is 153 Å². The number of hydrazine groups is 1. The molecule has 28 nitrogen and oxygen atoms in total. The summed E-state index contributed by atoms with van der Waals surface area (Å²) in [6.07, 6.45) is 17.0. The Kier molecular flexibility index (Phi) is 53.0. The second kappa shape index (κ2) is 57.1. The first-order valence-corrected chi connectivity index (χ1v) is 39.3. The zero-order valence-corrected chi connectivity index (χ0v) is 76.0. The number of fused-ring (bicyclic) bond motifs is 4. The van der Waals surface area contributed by atoms with Crippen LogP contribution in [0.2, 0.25) is 0 Å². The average molecular weight is 1780 g/mol. The smallest absolute Gasteiger partial charge is 1.00 e. The summed E-state index contributed by atoms with van der Waals surface area (Å²) < 4.78 is 0. The zero-order chi connectivity index (χ0) is 76.8. The molecule has 0 aliphatic carbocycles. The van der Waals surface area contributed by atoms with Crippen LogP contribution in [0.25, 0.3) is 0 Å². The normalized spacial score (nSPS) is 16.0. The van der Waals surface area contributed by atoms with Crippen LogP contribution in [-0.2, 0) is 54.5 Å². The minimum absolute atomic E-state index is 0. The number of nitrogens with zero attached hydrogens (tertiary/aromatic N) is 10. The third kappa shape index (κ3) is 34.4. The van der Waals surface area contributed by atoms with Crippen LogP contribution in [0.1, 0.15) is 117 Å². The van der Waals surface area contributed by atoms with Gasteiger partial charge in [0.05, 0.1) is 25.3 Å². The molecule has 8 aliphatic heterocycles. The van der Waals surface area contributed by atoms with E-state index in [4.69, 9.17) is 43.6 Å². The number of carbonyl (C=O) groups is 5. The maximum atomic E-state index is 12.4. The summed E-state index contributed by atoms with van der Waals surface area (Å²) in [5, 5.41) is 52.0. The predicted molar refractivity (Wildman–Crippen MR) is 447 cm³/mol. The summed E-state index contributed by atoms with van der Waals surface area (Å²) in [5.41, 5.74) is 21.5. The van der Waals surface area contributed by atoms with Crippen molar-refractivity contribution >= 4 is 169 Å². The molecule has 4 amide bonds. The van der Waals surface area contributed by atoms with Gasteiger partial charge in [-0.2, -0.15) is 0 Å². The van der Waals surface area contributed by atoms with Gasteiger partial charge in [-0.25, -0.2) is 4.99 Å². The molecule has 6 aromatic rings. The molecule has 0 atom stereocenters. The van der Waals surface area contributed by atoms with Gasteiger partial charge in [-0.3, -0.25) is 61.3 Å². The Morgan fingerprint density at radius 1 is 0.609 bits per heavy atom. The second-order valence-electron chi connectivity index (χ2n) is 25.4. The average Bonchev–Trinajstić information content (AvgIpc) is 1.33. The van der Waals surface area contributed by atoms with Crippen molar-refractivity contribution in [1.82, 2.24) is 19.6 Å². The zero-order valence-electron chi connectivity index (χ0n) is 64.4. The summed E-state index contributed by atoms with van der Waals surface area (Å²) in [4.78, 5) is 101. The number of amides is 4. The van der Waals surface area contributed by atoms with Gasteiger partial charge in [-0.05, 0) is 236 Å². The van der Waals surface area contributed by atoms with Crippen LogP contribution in [0.4, 0.5) is 45.5 Å². The van der Waals surface area contributed by atoms with Crippen molar-refractivity contribution in [3.05, 3.63) is 160 Å². The molecule has 10 heterocycles. The maximum Gasteiger partial charge on any atom is 1.00 e. The van der Waals surface area contributed by atoms with Gasteiger partial charge in [0.1, 0.15) is 10.9 Å². The van der Waals surface area contributed by atoms with Gasteiger partial charge in [0.25, 0.3) is 17.8 Å². The molecule has 36 heteroatoms. The van der Waals surface area contributed by atoms with E-state index in [1.165, 1.54) is 119 Å². The number of benzene rings is 4. The SMILES string of the molecule is CCO.CSC(=N)c1cccs1.Cl.ClCCN1CCCC1.I.NC(=Nc1ccc2c(c1)CCC(=O)N2CCN1CCCC1)c1cccs1.NN.Nc1ccc2c(c1)CCC(=O)N2CCN1CCCC1.O=C1CCc2cc([N+](=O)[O-])ccc2N1.O=C1CCc2cc([N+](=O)[O-])ccc2N1CCN1CCCC1.O=CO[O-].[H-].[K+].[K+]. The number of rotatable bonds is 17. The Morgan fingerprint density at radius 3 is 1.38 bits per heavy atom. The molecule has 0 bridgehead atoms. The topological polar surface area (TPSA) is 399 Å². The first-order valence-electron chi connectivity index (χ1n) is 35.8. The molecular weight excluding hydrogens is 1680 g/mol. The molecule has 110 heavy (non-hydrogen) atoms. The minimum atomic E-state index is -0.434. The molecule has 0 spiro atoms. The number of hydrogen-bond donors (Lipinski definition) is 7. The number of aryl methyl sites for hydroxylation is 4. The largest absolute Gasteiger partial charge is 1.00 e. The number of aliphatic hydroxyl groups excluding tert-OH is 1. The standard InChI is InChI=1S/C20H24N4OS.C15H19N3O3.C15H21N3O.C9H8N2O3.C6H12ClN.C6H7NS2.C2H6O.CH2O3.ClH.HI.2K.H4N2.H/c21-20(18-4-3-13-26-18)22-16-6-7-17-15(14-16)5-8-19(25)24(17)12-11-23-9-1-2-10-23;19-15-6-3-12-11-13(18(20)21)4-5-14(12)17(15)10-9-16-7-1-2-8-16;16-13-4-5-14-12(11-13)3-6-15(19)18(14)10-9-17-7-1-2-8-17;12-9-4-1-6-5-7(11(13)14)2-3-8(6)10-9;7-3-6-8-4-1-2-5-8;1-8-6(7)5-3-2-4-9-5;1-2-3;2-1-4-3;;;;;1-2;/h3-4,6-7,13-14H,1-2,5,8-12H2,(H2,21,22);4-5,11H,1-3,6-10H2;4-5,11H,1-3,6-10,16H2;2-3,5H,1,4H2,(H,10,12);1-6H2;2-4,7H,1H3;3H,2H2,1H3;1,3H;2*1H;;;1-2H2;/q;;;;;;;;;;2*+1;;-1/p-1. The maximum absolute atomic E-state index is 12.4. The van der Waals surface area contributed by atoms with Gasteiger partial charge in [0.2, 0.25) is 23.6 Å². The molecule has 0 saturated carbocycles. The fourth-order valence-electron chi connectivity index (χ4n) is 13.1. The second-order valence-corrected chi connectivity index (χ2v) is 28.5. The fraction of sp³-hybridized carbons (Fsp3) is 0.473. The molecule has 11 N–H and O–H groups in total. The first kappa shape index (κ1) is 102. The van der Waals surface area contributed by atoms with E-state index >= 15 is 0 Å². The number of hydrogen-bond acceptors (Lipinski definition) is 24. The number of likely N-dealkylation sites (tertiary alicyclic amines) is 4. The Hall–Kier alpha value is -4.02. The Labute approximate surface area is 772 Å². The number of amidine groups is 1. The number of non-ortho nitro benzene ring substituents is 2. The van der Waals surface area contributed by atoms with Gasteiger partial charge < -0.3 is 67.8 Å². The van der Waals surface area contributed by atoms with Gasteiger partial charge in [0.15, 0.2) is 0 Å². The summed E-state index contributed by atoms with van der Waals surface area (Å²) >= 11 is 10.2. The van der Waals surface area contributed by atoms with Gasteiger partial charge in [0, 0.05) is 137 Å². The van der Waals surface area contributed by atoms with Crippen LogP contribution in [0.15, 0.2) is 113 Å². The molecule has 0 unspecified atom stereocenters. The van der Waals surface area contributed by atoms with Crippen molar-refractivity contribution in [3.8, 4) is 0 Å². The van der Waals surface area contributed by atoms with Gasteiger partial charge in [-0.15, -0.1) is 82.4 Å². The number of alkyl halides is 1. The summed E-state index contributed by atoms with van der Waals surface area (Å²) in [6, 6.07) is 29.1. The number of nitro groups is 2. The molecule has 8 aliphatic rings. The van der Waals surface area contributed by atoms with E-state index in [0.717, 1.165) is 133 Å². The molecular formula is C74H105Cl2IK2N16O12S3. The Morgan fingerprint density at radius 2 is 0.982 bits per heavy atom. The van der Waals surface area contributed by atoms with E-state index in [1.807, 2.05) is 81.4 Å². The molecule has 4 saturated heterocycles. The van der Waals surface area contributed by atoms with Crippen molar-refractivity contribution in [2.75, 3.05) is 143 Å². The van der Waals surface area contributed by atoms with Crippen molar-refractivity contribution in [2.24, 2.45) is 22.4 Å². The van der Waals surface area contributed by atoms with E-state index in [1.54, 1.807) is 52.7 Å². The number of nitrogens with one attached hydrogen (secondary N) is 2. The molecule has 594 valence electrons. The molecule has 0 radical (unpaired) electrons. The van der Waals surface area contributed by atoms with E-state index in [2.05, 4.69) is 52.5 Å². The van der Waals surface area contributed by atoms with Gasteiger partial charge >= 0.3 is 103 Å². The van der Waals surface area contributed by atoms with Crippen molar-refractivity contribution in [3.63, 3.8) is 0 Å². The fourth-order valence-corrected chi connectivity index (χ4v) is 15.2. The number of thiophene rings is 2. The van der Waals surface area contributed by atoms with Crippen LogP contribution in [0.5, 0.6) is 0 Å². The number of halogens is 3. The van der Waals surface area contributed by atoms with Gasteiger partial charge in [-0.1, -0.05) is 12.1 Å². The van der Waals surface area contributed by atoms with Crippen LogP contribution < -0.4 is 151 Å². The number of carbonyl (C=O) groups excluding carboxylic acids is 5. The first-order chi connectivity index (χ1) is 51.4. The number of nitrogen functional groups attached to an aromatic ring is 1. The van der Waals surface area contributed by atoms with Crippen LogP contribution >= 0.6 is 82.4 Å². The molecule has 4 aromatic carbocycles. The van der Waals surface area contributed by atoms with E-state index < -0.39 is 4.92 Å². The molecule has 14 rings (SSSR count). The minimum Gasteiger partial charge on any atom is -1.00 e. The number of anilines is 5. The summed E-state index contributed by atoms with van der Waals surface area (Å²) in [5.74, 6) is 9.89. The van der Waals surface area contributed by atoms with E-state index in [9.17, 15) is 39.4 Å². The van der Waals surface area contributed by atoms with E-state index in [0.29, 0.717) is 61.6 Å². The monoisotopic (exact) mass is 1780 g/mol. The Bertz CT molecular complexity index is 3810. The Balaban J connectivity index is 0.000000667. The van der Waals surface area contributed by atoms with Crippen molar-refractivity contribution in [2.45, 2.75) is 110 Å². The quantitative estimate of drug-likeness (QED) is 0.00568. The third-order valence-corrected chi connectivity index (χ3v) is 21.1. The number of nitro benzene ring substituents is 2. The van der Waals surface area contributed by atoms with Crippen molar-refractivity contribution in [1.29, 1.82) is 5.41 Å². The number of thioether (sulfide) groups is 1. The molecule has 4 fully saturated rings.